The van der Waals surface area contributed by atoms with E-state index in [1.54, 1.807) is 12.2 Å². The highest BCUT2D eigenvalue weighted by atomic mass is 16.7. The molecule has 0 spiro atoms. The molecule has 6 saturated carbocycles. The van der Waals surface area contributed by atoms with Crippen LogP contribution >= 0.6 is 0 Å². The van der Waals surface area contributed by atoms with Crippen LogP contribution in [0.15, 0.2) is 48.1 Å². The van der Waals surface area contributed by atoms with E-state index in [0.29, 0.717) is 12.8 Å². The fourth-order valence-corrected chi connectivity index (χ4v) is 13.2. The second-order valence-electron chi connectivity index (χ2n) is 19.7. The van der Waals surface area contributed by atoms with Gasteiger partial charge in [-0.15, -0.1) is 0 Å². The van der Waals surface area contributed by atoms with Gasteiger partial charge in [0.05, 0.1) is 18.8 Å². The van der Waals surface area contributed by atoms with Gasteiger partial charge in [-0.25, -0.2) is 5.90 Å². The van der Waals surface area contributed by atoms with Crippen LogP contribution in [0.5, 0.6) is 0 Å². The van der Waals surface area contributed by atoms with Crippen molar-refractivity contribution >= 4 is 35.3 Å². The van der Waals surface area contributed by atoms with Gasteiger partial charge in [-0.05, 0) is 112 Å². The Kier molecular flexibility index (Phi) is 11.9. The highest BCUT2D eigenvalue weighted by Gasteiger charge is 2.76. The molecule has 7 fully saturated rings. The Bertz CT molecular complexity index is 2030. The van der Waals surface area contributed by atoms with Crippen molar-refractivity contribution in [1.29, 1.82) is 0 Å². The number of aliphatic hydroxyl groups excluding tert-OH is 2. The van der Waals surface area contributed by atoms with Crippen LogP contribution in [0.2, 0.25) is 0 Å². The predicted molar refractivity (Wildman–Crippen MR) is 220 cm³/mol. The van der Waals surface area contributed by atoms with Crippen LogP contribution < -0.4 is 21.8 Å². The van der Waals surface area contributed by atoms with E-state index in [1.165, 1.54) is 0 Å². The summed E-state index contributed by atoms with van der Waals surface area (Å²) in [6, 6.07) is 7.01. The van der Waals surface area contributed by atoms with Gasteiger partial charge in [-0.3, -0.25) is 33.6 Å². The number of ketones is 2. The summed E-state index contributed by atoms with van der Waals surface area (Å²) in [5, 5.41) is 39.7. The number of carboxylic acid groups (broad SMARTS) is 1. The normalized spacial score (nSPS) is 38.1. The van der Waals surface area contributed by atoms with E-state index < -0.39 is 95.7 Å². The molecule has 10 atom stereocenters. The molecule has 8 N–H and O–H groups in total. The molecule has 0 aromatic heterocycles. The van der Waals surface area contributed by atoms with E-state index in [2.05, 4.69) is 39.8 Å². The van der Waals surface area contributed by atoms with Crippen molar-refractivity contribution in [1.82, 2.24) is 16.0 Å². The molecule has 336 valence electrons. The number of amides is 3. The van der Waals surface area contributed by atoms with E-state index in [9.17, 15) is 44.1 Å². The van der Waals surface area contributed by atoms with Crippen molar-refractivity contribution in [2.45, 2.75) is 133 Å². The van der Waals surface area contributed by atoms with Crippen LogP contribution in [-0.2, 0) is 49.5 Å². The van der Waals surface area contributed by atoms with Gasteiger partial charge in [0.25, 0.3) is 0 Å². The van der Waals surface area contributed by atoms with Gasteiger partial charge in [-0.2, -0.15) is 0 Å². The predicted octanol–water partition coefficient (Wildman–Crippen LogP) is 2.40. The second kappa shape index (κ2) is 16.7. The zero-order valence-electron chi connectivity index (χ0n) is 35.5. The maximum Gasteiger partial charge on any atom is 0.303 e. The van der Waals surface area contributed by atoms with Crippen molar-refractivity contribution < 1.29 is 58.4 Å². The average molecular weight is 861 g/mol. The van der Waals surface area contributed by atoms with Crippen molar-refractivity contribution in [2.24, 2.45) is 39.9 Å². The standard InChI is InChI=1S/C46H60N4O12/c1-42-12-11-29(52)19-28(42)7-8-30-31-20-35-46(34(54)24-51,43(31,2)22-33(53)39(30)42)62-41(61-35)27-5-3-26(4-6-27)21-44-13-16-45(17-14-44,18-15-44)50-40(59)32(9-10-38(57)58)49-36(55)23-48-37(56)25-60-47/h3-6,11-12,19,30-33,35,39,41,51,53H,7-10,13-18,20-25,47H2,1-2H3,(H,48,56)(H,49,55)(H,50,59)(H,57,58)/t30-,31-,32-,33-,35+,39+,41+,42-,43-,44?,45?,46+/m0/s1. The number of carbonyl (C=O) groups is 6. The molecule has 16 heteroatoms. The Morgan fingerprint density at radius 3 is 2.39 bits per heavy atom. The first kappa shape index (κ1) is 44.3. The van der Waals surface area contributed by atoms with Gasteiger partial charge < -0.3 is 40.7 Å². The van der Waals surface area contributed by atoms with E-state index >= 15 is 0 Å². The third-order valence-corrected chi connectivity index (χ3v) is 16.4. The lowest BCUT2D eigenvalue weighted by atomic mass is 9.46. The summed E-state index contributed by atoms with van der Waals surface area (Å²) in [5.74, 6) is 1.59. The van der Waals surface area contributed by atoms with Crippen LogP contribution in [0.3, 0.4) is 0 Å². The Morgan fingerprint density at radius 2 is 1.73 bits per heavy atom. The van der Waals surface area contributed by atoms with Crippen LogP contribution in [0.1, 0.15) is 108 Å². The average Bonchev–Trinajstić information content (AvgIpc) is 3.75. The Hall–Kier alpha value is -4.32. The highest BCUT2D eigenvalue weighted by molar-refractivity contribution is 6.01. The molecule has 8 aliphatic rings. The number of hydrogen-bond donors (Lipinski definition) is 7. The summed E-state index contributed by atoms with van der Waals surface area (Å²) in [6.45, 7) is 2.58. The van der Waals surface area contributed by atoms with Gasteiger partial charge in [0.15, 0.2) is 23.5 Å². The van der Waals surface area contributed by atoms with Crippen LogP contribution in [0.25, 0.3) is 0 Å². The van der Waals surface area contributed by atoms with Crippen LogP contribution in [0, 0.1) is 34.0 Å². The number of nitrogens with one attached hydrogen (secondary N) is 3. The molecule has 0 radical (unpaired) electrons. The van der Waals surface area contributed by atoms with Gasteiger partial charge >= 0.3 is 5.97 Å². The zero-order valence-corrected chi connectivity index (χ0v) is 35.5. The molecule has 7 aliphatic carbocycles. The van der Waals surface area contributed by atoms with Crippen molar-refractivity contribution in [3.05, 3.63) is 59.2 Å². The lowest BCUT2D eigenvalue weighted by Gasteiger charge is -2.59. The minimum absolute atomic E-state index is 0.00386. The number of ether oxygens (including phenoxy) is 2. The zero-order chi connectivity index (χ0) is 44.2. The molecule has 62 heavy (non-hydrogen) atoms. The Balaban J connectivity index is 0.901. The maximum atomic E-state index is 14.0. The highest BCUT2D eigenvalue weighted by Crippen LogP contribution is 2.70. The second-order valence-corrected chi connectivity index (χ2v) is 19.7. The number of carbonyl (C=O) groups excluding carboxylic acids is 5. The number of aliphatic hydroxyl groups is 2. The van der Waals surface area contributed by atoms with E-state index in [0.717, 1.165) is 74.5 Å². The summed E-state index contributed by atoms with van der Waals surface area (Å²) in [5.41, 5.74) is -0.150. The fourth-order valence-electron chi connectivity index (χ4n) is 13.2. The summed E-state index contributed by atoms with van der Waals surface area (Å²) < 4.78 is 13.5. The number of Topliss-reactive ketones (excluding diaryl/α,β-unsaturated/α-hetero) is 1. The minimum Gasteiger partial charge on any atom is -0.481 e. The summed E-state index contributed by atoms with van der Waals surface area (Å²) in [7, 11) is 0. The number of fused-ring (bicyclic) bond motifs is 10. The molecule has 0 unspecified atom stereocenters. The van der Waals surface area contributed by atoms with Gasteiger partial charge in [-0.1, -0.05) is 49.8 Å². The SMILES string of the molecule is C[C@]12C=CC(=O)C=C1CC[C@@H]1[C@@H]2[C@@H](O)C[C@@]2(C)[C@H]1C[C@H]1O[C@@H](c3ccc(CC45CCC(NC(=O)[C@H](CCC(=O)O)NC(=O)CNC(=O)CON)(CC4)CC5)cc3)O[C@]12C(=O)CO. The third-order valence-electron chi connectivity index (χ3n) is 16.4. The molecule has 3 amide bonds. The molecule has 1 aliphatic heterocycles. The summed E-state index contributed by atoms with van der Waals surface area (Å²) in [6.07, 6.45) is 10.7. The Morgan fingerprint density at radius 1 is 1.02 bits per heavy atom. The molecule has 1 aromatic carbocycles. The van der Waals surface area contributed by atoms with Crippen molar-refractivity contribution in [3.8, 4) is 0 Å². The smallest absolute Gasteiger partial charge is 0.303 e. The third kappa shape index (κ3) is 7.63. The number of allylic oxidation sites excluding steroid dienone is 4. The van der Waals surface area contributed by atoms with E-state index in [-0.39, 0.29) is 41.8 Å². The van der Waals surface area contributed by atoms with Crippen LogP contribution in [-0.4, -0.2) is 99.7 Å². The molecule has 1 aromatic rings. The van der Waals surface area contributed by atoms with Crippen LogP contribution in [0.4, 0.5) is 0 Å². The molecule has 16 nitrogen and oxygen atoms in total. The number of hydrogen-bond acceptors (Lipinski definition) is 12. The quantitative estimate of drug-likeness (QED) is 0.125. The van der Waals surface area contributed by atoms with Gasteiger partial charge in [0, 0.05) is 34.3 Å². The van der Waals surface area contributed by atoms with Crippen molar-refractivity contribution in [3.63, 3.8) is 0 Å². The van der Waals surface area contributed by atoms with E-state index in [4.69, 9.17) is 15.4 Å². The fraction of sp³-hybridized carbons (Fsp3) is 0.652. The molecular formula is C46H60N4O12. The topological polar surface area (TPSA) is 253 Å². The van der Waals surface area contributed by atoms with Crippen molar-refractivity contribution in [2.75, 3.05) is 19.8 Å². The Labute approximate surface area is 360 Å². The van der Waals surface area contributed by atoms with E-state index in [1.807, 2.05) is 25.1 Å². The number of aliphatic carboxylic acids is 1. The number of carboxylic acids is 1. The molecule has 1 saturated heterocycles. The number of benzene rings is 1. The first-order valence-electron chi connectivity index (χ1n) is 22.1. The first-order chi connectivity index (χ1) is 29.5. The molecular weight excluding hydrogens is 801 g/mol. The molecule has 9 rings (SSSR count). The maximum absolute atomic E-state index is 14.0. The summed E-state index contributed by atoms with van der Waals surface area (Å²) in [4.78, 5) is 79.6. The lowest BCUT2D eigenvalue weighted by molar-refractivity contribution is -0.201. The summed E-state index contributed by atoms with van der Waals surface area (Å²) >= 11 is 0. The molecule has 2 bridgehead atoms. The lowest BCUT2D eigenvalue weighted by Crippen LogP contribution is -2.63. The number of nitrogens with two attached hydrogens (primary N) is 1. The first-order valence-corrected chi connectivity index (χ1v) is 22.1. The van der Waals surface area contributed by atoms with Gasteiger partial charge in [0.1, 0.15) is 19.3 Å². The largest absolute Gasteiger partial charge is 0.481 e. The van der Waals surface area contributed by atoms with Gasteiger partial charge in [0.2, 0.25) is 17.7 Å². The monoisotopic (exact) mass is 860 g/mol. The minimum atomic E-state index is -1.43. The number of rotatable bonds is 15. The molecule has 1 heterocycles.